The van der Waals surface area contributed by atoms with Crippen molar-refractivity contribution in [2.24, 2.45) is 5.92 Å². The van der Waals surface area contributed by atoms with Crippen LogP contribution in [0.4, 0.5) is 11.6 Å². The number of nitrogens with zero attached hydrogens (tertiary/aromatic N) is 2. The van der Waals surface area contributed by atoms with Gasteiger partial charge in [-0.1, -0.05) is 20.3 Å². The molecule has 0 aliphatic heterocycles. The lowest BCUT2D eigenvalue weighted by Crippen LogP contribution is -2.29. The lowest BCUT2D eigenvalue weighted by atomic mass is 10.1. The van der Waals surface area contributed by atoms with Crippen LogP contribution in [0.3, 0.4) is 0 Å². The number of pyridine rings is 2. The fourth-order valence-electron chi connectivity index (χ4n) is 2.16. The zero-order valence-electron chi connectivity index (χ0n) is 15.0. The number of amides is 1. The molecule has 26 heavy (non-hydrogen) atoms. The molecule has 1 amide bonds. The molecule has 1 unspecified atom stereocenters. The van der Waals surface area contributed by atoms with Gasteiger partial charge in [0.05, 0.1) is 0 Å². The number of sulfonamides is 1. The molecule has 0 bridgehead atoms. The van der Waals surface area contributed by atoms with Crippen molar-refractivity contribution < 1.29 is 13.2 Å². The topological polar surface area (TPSA) is 127 Å². The van der Waals surface area contributed by atoms with E-state index in [-0.39, 0.29) is 22.5 Å². The fraction of sp³-hybridized carbons (Fsp3) is 0.353. The summed E-state index contributed by atoms with van der Waals surface area (Å²) in [5.41, 5.74) is 7.00. The number of anilines is 2. The van der Waals surface area contributed by atoms with E-state index in [4.69, 9.17) is 5.73 Å². The second-order valence-electron chi connectivity index (χ2n) is 6.08. The minimum Gasteiger partial charge on any atom is -0.383 e. The number of nitrogens with one attached hydrogen (secondary N) is 2. The lowest BCUT2D eigenvalue weighted by molar-refractivity contribution is -0.114. The second-order valence-corrected chi connectivity index (χ2v) is 7.82. The van der Waals surface area contributed by atoms with Gasteiger partial charge in [0.15, 0.2) is 0 Å². The van der Waals surface area contributed by atoms with Gasteiger partial charge in [-0.2, -0.15) is 0 Å². The normalized spacial score (nSPS) is 12.6. The Hall–Kier alpha value is -2.52. The molecule has 0 saturated carbocycles. The molecule has 9 heteroatoms. The first-order valence-electron chi connectivity index (χ1n) is 8.22. The Labute approximate surface area is 153 Å². The number of carbonyl (C=O) groups is 1. The van der Waals surface area contributed by atoms with Crippen molar-refractivity contribution in [2.45, 2.75) is 32.1 Å². The predicted molar refractivity (Wildman–Crippen MR) is 101 cm³/mol. The largest absolute Gasteiger partial charge is 0.383 e. The van der Waals surface area contributed by atoms with Crippen molar-refractivity contribution >= 4 is 27.6 Å². The van der Waals surface area contributed by atoms with Gasteiger partial charge < -0.3 is 11.1 Å². The summed E-state index contributed by atoms with van der Waals surface area (Å²) in [5, 5.41) is 2.58. The predicted octanol–water partition coefficient (Wildman–Crippen LogP) is 2.01. The van der Waals surface area contributed by atoms with Gasteiger partial charge in [-0.3, -0.25) is 4.79 Å². The van der Waals surface area contributed by atoms with Gasteiger partial charge in [0, 0.05) is 31.4 Å². The van der Waals surface area contributed by atoms with Gasteiger partial charge in [-0.15, -0.1) is 0 Å². The van der Waals surface area contributed by atoms with E-state index in [9.17, 15) is 13.2 Å². The Morgan fingerprint density at radius 3 is 2.65 bits per heavy atom. The zero-order chi connectivity index (χ0) is 19.3. The van der Waals surface area contributed by atoms with Crippen LogP contribution in [0.5, 0.6) is 0 Å². The monoisotopic (exact) mass is 377 g/mol. The number of carbonyl (C=O) groups excluding carboxylic acids is 1. The molecular weight excluding hydrogens is 354 g/mol. The molecule has 2 heterocycles. The number of nitrogens with two attached hydrogens (primary N) is 1. The van der Waals surface area contributed by atoms with E-state index in [0.29, 0.717) is 23.5 Å². The summed E-state index contributed by atoms with van der Waals surface area (Å²) >= 11 is 0. The smallest absolute Gasteiger partial charge is 0.244 e. The van der Waals surface area contributed by atoms with Gasteiger partial charge in [0.25, 0.3) is 0 Å². The molecule has 4 N–H and O–H groups in total. The third-order valence-electron chi connectivity index (χ3n) is 3.89. The van der Waals surface area contributed by atoms with E-state index in [2.05, 4.69) is 20.0 Å². The molecular formula is C17H23N5O3S. The second kappa shape index (κ2) is 8.24. The average Bonchev–Trinajstić information content (AvgIpc) is 2.59. The maximum atomic E-state index is 12.6. The summed E-state index contributed by atoms with van der Waals surface area (Å²) in [5.74, 6) is 0.262. The molecule has 0 aromatic carbocycles. The number of rotatable bonds is 7. The quantitative estimate of drug-likeness (QED) is 0.677. The van der Waals surface area contributed by atoms with Gasteiger partial charge in [0.2, 0.25) is 15.9 Å². The highest BCUT2D eigenvalue weighted by Crippen LogP contribution is 2.26. The van der Waals surface area contributed by atoms with Crippen molar-refractivity contribution in [1.82, 2.24) is 14.7 Å². The van der Waals surface area contributed by atoms with Crippen LogP contribution in [0.1, 0.15) is 27.2 Å². The molecule has 2 aromatic heterocycles. The van der Waals surface area contributed by atoms with Crippen LogP contribution in [0, 0.1) is 5.92 Å². The van der Waals surface area contributed by atoms with Gasteiger partial charge in [-0.25, -0.2) is 23.1 Å². The van der Waals surface area contributed by atoms with Gasteiger partial charge >= 0.3 is 0 Å². The molecule has 0 saturated heterocycles. The molecule has 140 valence electrons. The zero-order valence-corrected chi connectivity index (χ0v) is 15.8. The van der Waals surface area contributed by atoms with E-state index in [1.807, 2.05) is 13.8 Å². The molecule has 8 nitrogen and oxygen atoms in total. The first kappa shape index (κ1) is 19.8. The summed E-state index contributed by atoms with van der Waals surface area (Å²) in [6, 6.07) is 4.80. The minimum absolute atomic E-state index is 0.0680. The van der Waals surface area contributed by atoms with E-state index >= 15 is 0 Å². The van der Waals surface area contributed by atoms with E-state index in [0.717, 1.165) is 6.42 Å². The van der Waals surface area contributed by atoms with Crippen LogP contribution in [0.15, 0.2) is 35.5 Å². The molecule has 2 rings (SSSR count). The van der Waals surface area contributed by atoms with Crippen LogP contribution >= 0.6 is 0 Å². The minimum atomic E-state index is -3.78. The number of hydrogen-bond acceptors (Lipinski definition) is 6. The summed E-state index contributed by atoms with van der Waals surface area (Å²) in [7, 11) is -3.78. The average molecular weight is 377 g/mol. The van der Waals surface area contributed by atoms with Gasteiger partial charge in [0.1, 0.15) is 16.5 Å². The number of nitrogen functional groups attached to an aromatic ring is 1. The van der Waals surface area contributed by atoms with Crippen LogP contribution in [0.2, 0.25) is 0 Å². The first-order valence-corrected chi connectivity index (χ1v) is 9.70. The standard InChI is InChI=1S/C17H23N5O3S/c1-4-11(2)9-21-26(24,25)15-7-14(10-20-17(15)18)13-5-6-19-16(8-13)22-12(3)23/h5-8,10-11,21H,4,9H2,1-3H3,(H2,18,20)(H,19,22,23). The highest BCUT2D eigenvalue weighted by atomic mass is 32.2. The molecule has 2 aromatic rings. The number of hydrogen-bond donors (Lipinski definition) is 3. The SMILES string of the molecule is CCC(C)CNS(=O)(=O)c1cc(-c2ccnc(NC(C)=O)c2)cnc1N. The molecule has 0 spiro atoms. The fourth-order valence-corrected chi connectivity index (χ4v) is 3.43. The van der Waals surface area contributed by atoms with E-state index in [1.165, 1.54) is 25.4 Å². The third kappa shape index (κ3) is 4.99. The lowest BCUT2D eigenvalue weighted by Gasteiger charge is -2.13. The van der Waals surface area contributed by atoms with Crippen molar-refractivity contribution in [2.75, 3.05) is 17.6 Å². The summed E-state index contributed by atoms with van der Waals surface area (Å²) in [6.07, 6.45) is 3.86. The van der Waals surface area contributed by atoms with E-state index in [1.54, 1.807) is 12.1 Å². The van der Waals surface area contributed by atoms with Crippen LogP contribution in [-0.2, 0) is 14.8 Å². The highest BCUT2D eigenvalue weighted by molar-refractivity contribution is 7.89. The van der Waals surface area contributed by atoms with Crippen molar-refractivity contribution in [3.05, 3.63) is 30.6 Å². The Kier molecular flexibility index (Phi) is 6.27. The van der Waals surface area contributed by atoms with Crippen LogP contribution in [-0.4, -0.2) is 30.8 Å². The maximum Gasteiger partial charge on any atom is 0.244 e. The summed E-state index contributed by atoms with van der Waals surface area (Å²) in [4.78, 5) is 19.2. The molecule has 0 fully saturated rings. The first-order chi connectivity index (χ1) is 12.2. The Balaban J connectivity index is 2.37. The van der Waals surface area contributed by atoms with Gasteiger partial charge in [-0.05, 0) is 29.7 Å². The van der Waals surface area contributed by atoms with Crippen LogP contribution in [0.25, 0.3) is 11.1 Å². The maximum absolute atomic E-state index is 12.6. The molecule has 0 aliphatic carbocycles. The Morgan fingerprint density at radius 1 is 1.27 bits per heavy atom. The summed E-state index contributed by atoms with van der Waals surface area (Å²) < 4.78 is 27.7. The Morgan fingerprint density at radius 2 is 2.00 bits per heavy atom. The molecule has 1 atom stereocenters. The van der Waals surface area contributed by atoms with Crippen molar-refractivity contribution in [3.63, 3.8) is 0 Å². The summed E-state index contributed by atoms with van der Waals surface area (Å²) in [6.45, 7) is 5.66. The molecule has 0 radical (unpaired) electrons. The van der Waals surface area contributed by atoms with Crippen LogP contribution < -0.4 is 15.8 Å². The molecule has 0 aliphatic rings. The Bertz CT molecular complexity index is 899. The van der Waals surface area contributed by atoms with Crippen molar-refractivity contribution in [1.29, 1.82) is 0 Å². The highest BCUT2D eigenvalue weighted by Gasteiger charge is 2.20. The van der Waals surface area contributed by atoms with Crippen molar-refractivity contribution in [3.8, 4) is 11.1 Å². The third-order valence-corrected chi connectivity index (χ3v) is 5.34. The van der Waals surface area contributed by atoms with E-state index < -0.39 is 10.0 Å². The number of aromatic nitrogens is 2.